The van der Waals surface area contributed by atoms with Gasteiger partial charge in [0, 0.05) is 24.7 Å². The fourth-order valence-electron chi connectivity index (χ4n) is 5.89. The van der Waals surface area contributed by atoms with Crippen LogP contribution in [0.2, 0.25) is 0 Å². The molecule has 3 atom stereocenters. The van der Waals surface area contributed by atoms with Gasteiger partial charge < -0.3 is 10.2 Å². The lowest BCUT2D eigenvalue weighted by molar-refractivity contribution is 0.0696. The minimum Gasteiger partial charge on any atom is -0.349 e. The molecule has 1 aliphatic heterocycles. The van der Waals surface area contributed by atoms with Crippen LogP contribution >= 0.6 is 22.7 Å². The summed E-state index contributed by atoms with van der Waals surface area (Å²) >= 11 is 2.89. The fourth-order valence-corrected chi connectivity index (χ4v) is 7.56. The monoisotopic (exact) mass is 523 g/mol. The molecule has 6 rings (SSSR count). The van der Waals surface area contributed by atoms with E-state index in [0.717, 1.165) is 29.2 Å². The first-order chi connectivity index (χ1) is 17.4. The van der Waals surface area contributed by atoms with Gasteiger partial charge in [0.25, 0.3) is 11.8 Å². The van der Waals surface area contributed by atoms with E-state index in [-0.39, 0.29) is 23.7 Å². The van der Waals surface area contributed by atoms with Crippen LogP contribution in [0, 0.1) is 31.5 Å². The Bertz CT molecular complexity index is 1470. The Kier molecular flexibility index (Phi) is 5.88. The van der Waals surface area contributed by atoms with E-state index < -0.39 is 0 Å². The number of nitrogens with one attached hydrogen (secondary N) is 1. The molecule has 36 heavy (non-hydrogen) atoms. The Morgan fingerprint density at radius 1 is 1.22 bits per heavy atom. The lowest BCUT2D eigenvalue weighted by Crippen LogP contribution is -2.46. The van der Waals surface area contributed by atoms with Gasteiger partial charge in [-0.2, -0.15) is 0 Å². The van der Waals surface area contributed by atoms with E-state index in [9.17, 15) is 14.0 Å². The minimum absolute atomic E-state index is 0.109. The summed E-state index contributed by atoms with van der Waals surface area (Å²) < 4.78 is 15.8. The molecular formula is C26H26FN5O2S2. The van der Waals surface area contributed by atoms with E-state index in [1.165, 1.54) is 34.8 Å². The normalized spacial score (nSPS) is 21.3. The van der Waals surface area contributed by atoms with Crippen molar-refractivity contribution in [3.63, 3.8) is 0 Å². The van der Waals surface area contributed by atoms with Gasteiger partial charge >= 0.3 is 0 Å². The summed E-state index contributed by atoms with van der Waals surface area (Å²) in [5.41, 5.74) is 2.25. The summed E-state index contributed by atoms with van der Waals surface area (Å²) in [6.07, 6.45) is 5.13. The second-order valence-corrected chi connectivity index (χ2v) is 11.7. The summed E-state index contributed by atoms with van der Waals surface area (Å²) in [4.78, 5) is 39.5. The van der Waals surface area contributed by atoms with Crippen LogP contribution in [0.4, 0.5) is 4.39 Å². The number of aromatic nitrogens is 3. The van der Waals surface area contributed by atoms with E-state index >= 15 is 0 Å². The second-order valence-electron chi connectivity index (χ2n) is 9.61. The molecule has 3 aromatic heterocycles. The average molecular weight is 524 g/mol. The number of amides is 2. The van der Waals surface area contributed by atoms with Crippen molar-refractivity contribution >= 4 is 39.4 Å². The molecule has 2 aliphatic rings. The molecule has 186 valence electrons. The number of nitrogens with zero attached hydrogens (tertiary/aromatic N) is 4. The van der Waals surface area contributed by atoms with Gasteiger partial charge in [0.1, 0.15) is 17.2 Å². The fraction of sp³-hybridized carbons (Fsp3) is 0.385. The molecule has 1 N–H and O–H groups in total. The van der Waals surface area contributed by atoms with Crippen molar-refractivity contribution < 1.29 is 14.0 Å². The number of carbonyl (C=O) groups is 2. The SMILES string of the molecule is Cc1nc(C(=O)N2C[C@@H]3CCC[C@@H]3[C@H]2CNC(=O)c2c(C)nc3sccn23)c(-c2cccc(F)c2)s1. The van der Waals surface area contributed by atoms with Gasteiger partial charge in [0.2, 0.25) is 0 Å². The van der Waals surface area contributed by atoms with Crippen LogP contribution in [0.3, 0.4) is 0 Å². The van der Waals surface area contributed by atoms with Crippen LogP contribution in [0.1, 0.15) is 50.9 Å². The van der Waals surface area contributed by atoms with E-state index in [1.807, 2.05) is 40.8 Å². The number of benzene rings is 1. The van der Waals surface area contributed by atoms with Crippen LogP contribution in [0.25, 0.3) is 15.4 Å². The summed E-state index contributed by atoms with van der Waals surface area (Å²) in [6.45, 7) is 4.73. The maximum atomic E-state index is 14.0. The van der Waals surface area contributed by atoms with Gasteiger partial charge in [0.05, 0.1) is 21.6 Å². The van der Waals surface area contributed by atoms with Crippen molar-refractivity contribution in [1.82, 2.24) is 24.6 Å². The molecule has 7 nitrogen and oxygen atoms in total. The lowest BCUT2D eigenvalue weighted by Gasteiger charge is -2.28. The van der Waals surface area contributed by atoms with Gasteiger partial charge in [-0.3, -0.25) is 14.0 Å². The zero-order chi connectivity index (χ0) is 25.0. The Labute approximate surface area is 216 Å². The van der Waals surface area contributed by atoms with E-state index in [4.69, 9.17) is 0 Å². The molecule has 1 aliphatic carbocycles. The Morgan fingerprint density at radius 3 is 2.92 bits per heavy atom. The van der Waals surface area contributed by atoms with Crippen molar-refractivity contribution in [2.24, 2.45) is 11.8 Å². The third-order valence-corrected chi connectivity index (χ3v) is 9.23. The average Bonchev–Trinajstić information content (AvgIpc) is 3.64. The second kappa shape index (κ2) is 9.08. The van der Waals surface area contributed by atoms with E-state index in [2.05, 4.69) is 15.3 Å². The van der Waals surface area contributed by atoms with Crippen LogP contribution in [0.5, 0.6) is 0 Å². The standard InChI is InChI=1S/C26H26FN5O2S2/c1-14-22(31-9-10-35-26(31)29-14)24(33)28-12-20-19-8-4-6-17(19)13-32(20)25(34)21-23(36-15(2)30-21)16-5-3-7-18(27)11-16/h3,5,7,9-11,17,19-20H,4,6,8,12-13H2,1-2H3,(H,28,33)/t17-,19-,20+/m0/s1. The highest BCUT2D eigenvalue weighted by molar-refractivity contribution is 7.15. The number of imidazole rings is 1. The van der Waals surface area contributed by atoms with Gasteiger partial charge in [-0.25, -0.2) is 14.4 Å². The van der Waals surface area contributed by atoms with Crippen molar-refractivity contribution in [2.75, 3.05) is 13.1 Å². The van der Waals surface area contributed by atoms with Crippen molar-refractivity contribution in [1.29, 1.82) is 0 Å². The van der Waals surface area contributed by atoms with Gasteiger partial charge in [-0.15, -0.1) is 22.7 Å². The third-order valence-electron chi connectivity index (χ3n) is 7.45. The van der Waals surface area contributed by atoms with Crippen molar-refractivity contribution in [3.8, 4) is 10.4 Å². The van der Waals surface area contributed by atoms with E-state index in [0.29, 0.717) is 52.4 Å². The minimum atomic E-state index is -0.344. The lowest BCUT2D eigenvalue weighted by atomic mass is 9.94. The Morgan fingerprint density at radius 2 is 2.08 bits per heavy atom. The quantitative estimate of drug-likeness (QED) is 0.402. The molecule has 10 heteroatoms. The molecule has 2 fully saturated rings. The zero-order valence-electron chi connectivity index (χ0n) is 20.0. The first-order valence-corrected chi connectivity index (χ1v) is 13.8. The molecule has 1 aromatic carbocycles. The third kappa shape index (κ3) is 3.92. The molecule has 4 aromatic rings. The molecule has 2 amide bonds. The number of likely N-dealkylation sites (tertiary alicyclic amines) is 1. The first-order valence-electron chi connectivity index (χ1n) is 12.2. The molecular weight excluding hydrogens is 497 g/mol. The molecule has 0 unspecified atom stereocenters. The van der Waals surface area contributed by atoms with Crippen LogP contribution in [-0.4, -0.2) is 50.2 Å². The molecule has 4 heterocycles. The number of halogens is 1. The number of fused-ring (bicyclic) bond motifs is 2. The highest BCUT2D eigenvalue weighted by atomic mass is 32.1. The number of carbonyl (C=O) groups excluding carboxylic acids is 2. The smallest absolute Gasteiger partial charge is 0.274 e. The molecule has 0 bridgehead atoms. The van der Waals surface area contributed by atoms with Gasteiger partial charge in [-0.05, 0) is 56.2 Å². The summed E-state index contributed by atoms with van der Waals surface area (Å²) in [7, 11) is 0. The van der Waals surface area contributed by atoms with Crippen molar-refractivity contribution in [3.05, 3.63) is 63.7 Å². The summed E-state index contributed by atoms with van der Waals surface area (Å²) in [5, 5.41) is 5.77. The maximum Gasteiger partial charge on any atom is 0.274 e. The number of hydrogen-bond acceptors (Lipinski definition) is 6. The largest absolute Gasteiger partial charge is 0.349 e. The molecule has 0 radical (unpaired) electrons. The number of aryl methyl sites for hydroxylation is 2. The predicted octanol–water partition coefficient (Wildman–Crippen LogP) is 4.95. The predicted molar refractivity (Wildman–Crippen MR) is 138 cm³/mol. The van der Waals surface area contributed by atoms with Gasteiger partial charge in [0.15, 0.2) is 4.96 Å². The maximum absolute atomic E-state index is 14.0. The highest BCUT2D eigenvalue weighted by Gasteiger charge is 2.47. The number of thiazole rings is 2. The Hall–Kier alpha value is -3.11. The topological polar surface area (TPSA) is 79.6 Å². The number of hydrogen-bond donors (Lipinski definition) is 1. The molecule has 1 saturated heterocycles. The Balaban J connectivity index is 1.27. The van der Waals surface area contributed by atoms with Crippen LogP contribution < -0.4 is 5.32 Å². The molecule has 1 saturated carbocycles. The molecule has 0 spiro atoms. The number of rotatable bonds is 5. The van der Waals surface area contributed by atoms with Crippen LogP contribution in [-0.2, 0) is 0 Å². The zero-order valence-corrected chi connectivity index (χ0v) is 21.7. The van der Waals surface area contributed by atoms with Crippen LogP contribution in [0.15, 0.2) is 35.8 Å². The summed E-state index contributed by atoms with van der Waals surface area (Å²) in [5.74, 6) is 0.0983. The van der Waals surface area contributed by atoms with Crippen molar-refractivity contribution in [2.45, 2.75) is 39.2 Å². The summed E-state index contributed by atoms with van der Waals surface area (Å²) in [6, 6.07) is 6.19. The van der Waals surface area contributed by atoms with Gasteiger partial charge in [-0.1, -0.05) is 18.6 Å². The van der Waals surface area contributed by atoms with E-state index in [1.54, 1.807) is 6.07 Å². The first kappa shape index (κ1) is 23.3. The highest BCUT2D eigenvalue weighted by Crippen LogP contribution is 2.43.